The van der Waals surface area contributed by atoms with Crippen molar-refractivity contribution in [1.29, 1.82) is 0 Å². The van der Waals surface area contributed by atoms with Crippen LogP contribution in [0.5, 0.6) is 5.75 Å². The molecule has 23 heavy (non-hydrogen) atoms. The fourth-order valence-corrected chi connectivity index (χ4v) is 1.79. The number of hydrogen-bond donors (Lipinski definition) is 0. The Balaban J connectivity index is 1.58. The second-order valence-electron chi connectivity index (χ2n) is 4.71. The third-order valence-electron chi connectivity index (χ3n) is 2.89. The van der Waals surface area contributed by atoms with E-state index in [-0.39, 0.29) is 19.8 Å². The monoisotopic (exact) mass is 314 g/mol. The van der Waals surface area contributed by atoms with Gasteiger partial charge in [-0.15, -0.1) is 0 Å². The third kappa shape index (κ3) is 6.65. The molecule has 2 aromatic rings. The average Bonchev–Trinajstić information content (AvgIpc) is 2.59. The lowest BCUT2D eigenvalue weighted by atomic mass is 10.2. The van der Waals surface area contributed by atoms with E-state index >= 15 is 0 Å². The van der Waals surface area contributed by atoms with Crippen LogP contribution in [0.2, 0.25) is 0 Å². The Kier molecular flexibility index (Phi) is 6.65. The van der Waals surface area contributed by atoms with Gasteiger partial charge in [-0.2, -0.15) is 0 Å². The number of carbonyl (C=O) groups excluding carboxylic acids is 2. The molecule has 5 heteroatoms. The summed E-state index contributed by atoms with van der Waals surface area (Å²) >= 11 is 0. The van der Waals surface area contributed by atoms with Crippen molar-refractivity contribution < 1.29 is 23.8 Å². The molecule has 2 aromatic carbocycles. The van der Waals surface area contributed by atoms with Crippen LogP contribution in [0.3, 0.4) is 0 Å². The Morgan fingerprint density at radius 3 is 2.04 bits per heavy atom. The van der Waals surface area contributed by atoms with Gasteiger partial charge in [-0.3, -0.25) is 9.59 Å². The van der Waals surface area contributed by atoms with Crippen LogP contribution < -0.4 is 4.74 Å². The summed E-state index contributed by atoms with van der Waals surface area (Å²) in [5.74, 6) is -0.534. The lowest BCUT2D eigenvalue weighted by Gasteiger charge is -2.07. The fourth-order valence-electron chi connectivity index (χ4n) is 1.79. The van der Waals surface area contributed by atoms with Gasteiger partial charge >= 0.3 is 11.9 Å². The first-order valence-electron chi connectivity index (χ1n) is 7.27. The number of rotatable bonds is 8. The minimum absolute atomic E-state index is 0.0830. The summed E-state index contributed by atoms with van der Waals surface area (Å²) in [7, 11) is 0. The molecule has 0 aromatic heterocycles. The second-order valence-corrected chi connectivity index (χ2v) is 4.71. The largest absolute Gasteiger partial charge is 0.490 e. The minimum Gasteiger partial charge on any atom is -0.490 e. The predicted octanol–water partition coefficient (Wildman–Crippen LogP) is 2.74. The Labute approximate surface area is 134 Å². The van der Waals surface area contributed by atoms with Crippen LogP contribution in [-0.2, 0) is 25.7 Å². The molecular weight excluding hydrogens is 296 g/mol. The van der Waals surface area contributed by atoms with Crippen LogP contribution in [0.4, 0.5) is 0 Å². The van der Waals surface area contributed by atoms with Crippen molar-refractivity contribution in [1.82, 2.24) is 0 Å². The van der Waals surface area contributed by atoms with Crippen LogP contribution in [0.15, 0.2) is 60.7 Å². The molecule has 0 radical (unpaired) electrons. The van der Waals surface area contributed by atoms with Gasteiger partial charge in [0.2, 0.25) is 0 Å². The summed E-state index contributed by atoms with van der Waals surface area (Å²) < 4.78 is 15.3. The van der Waals surface area contributed by atoms with E-state index in [9.17, 15) is 9.59 Å². The highest BCUT2D eigenvalue weighted by Crippen LogP contribution is 2.07. The first-order valence-corrected chi connectivity index (χ1v) is 7.27. The van der Waals surface area contributed by atoms with Gasteiger partial charge in [-0.25, -0.2) is 0 Å². The molecule has 0 bridgehead atoms. The van der Waals surface area contributed by atoms with Gasteiger partial charge < -0.3 is 14.2 Å². The van der Waals surface area contributed by atoms with E-state index in [2.05, 4.69) is 0 Å². The summed E-state index contributed by atoms with van der Waals surface area (Å²) in [6.07, 6.45) is -0.405. The van der Waals surface area contributed by atoms with Gasteiger partial charge in [0.1, 0.15) is 32.0 Å². The summed E-state index contributed by atoms with van der Waals surface area (Å²) in [5, 5.41) is 0. The van der Waals surface area contributed by atoms with Crippen molar-refractivity contribution in [3.8, 4) is 5.75 Å². The van der Waals surface area contributed by atoms with Crippen LogP contribution in [0.25, 0.3) is 0 Å². The van der Waals surface area contributed by atoms with E-state index in [1.165, 1.54) is 0 Å². The lowest BCUT2D eigenvalue weighted by molar-refractivity contribution is -0.155. The van der Waals surface area contributed by atoms with Gasteiger partial charge in [-0.1, -0.05) is 48.5 Å². The molecule has 0 N–H and O–H groups in total. The molecular formula is C18H18O5. The standard InChI is InChI=1S/C18H18O5/c19-17(22-12-11-21-16-9-5-2-6-10-16)13-18(20)23-14-15-7-3-1-4-8-15/h1-10H,11-14H2. The highest BCUT2D eigenvalue weighted by atomic mass is 16.6. The molecule has 0 saturated heterocycles. The normalized spacial score (nSPS) is 9.91. The molecule has 5 nitrogen and oxygen atoms in total. The van der Waals surface area contributed by atoms with Crippen LogP contribution in [-0.4, -0.2) is 25.2 Å². The number of carbonyl (C=O) groups is 2. The first kappa shape index (κ1) is 16.5. The molecule has 2 rings (SSSR count). The Hall–Kier alpha value is -2.82. The van der Waals surface area contributed by atoms with Crippen molar-refractivity contribution >= 4 is 11.9 Å². The SMILES string of the molecule is O=C(CC(=O)OCc1ccccc1)OCCOc1ccccc1. The topological polar surface area (TPSA) is 61.8 Å². The maximum atomic E-state index is 11.5. The third-order valence-corrected chi connectivity index (χ3v) is 2.89. The maximum Gasteiger partial charge on any atom is 0.317 e. The molecule has 120 valence electrons. The molecule has 0 aliphatic carbocycles. The summed E-state index contributed by atoms with van der Waals surface area (Å²) in [6.45, 7) is 0.457. The molecule has 0 fully saturated rings. The van der Waals surface area contributed by atoms with Gasteiger partial charge in [0.05, 0.1) is 0 Å². The Morgan fingerprint density at radius 1 is 0.739 bits per heavy atom. The van der Waals surface area contributed by atoms with Crippen molar-refractivity contribution in [2.24, 2.45) is 0 Å². The Morgan fingerprint density at radius 2 is 1.35 bits per heavy atom. The second kappa shape index (κ2) is 9.25. The van der Waals surface area contributed by atoms with Crippen molar-refractivity contribution in [3.63, 3.8) is 0 Å². The van der Waals surface area contributed by atoms with Crippen molar-refractivity contribution in [3.05, 3.63) is 66.2 Å². The lowest BCUT2D eigenvalue weighted by Crippen LogP contribution is -2.17. The fraction of sp³-hybridized carbons (Fsp3) is 0.222. The molecule has 0 amide bonds. The Bertz CT molecular complexity index is 610. The van der Waals surface area contributed by atoms with Gasteiger partial charge in [0.25, 0.3) is 0 Å². The first-order chi connectivity index (χ1) is 11.2. The molecule has 0 aliphatic rings. The zero-order valence-electron chi connectivity index (χ0n) is 12.6. The molecule has 0 saturated carbocycles. The van der Waals surface area contributed by atoms with E-state index in [0.29, 0.717) is 5.75 Å². The predicted molar refractivity (Wildman–Crippen MR) is 83.8 cm³/mol. The summed E-state index contributed by atoms with van der Waals surface area (Å²) in [6, 6.07) is 18.5. The van der Waals surface area contributed by atoms with E-state index in [1.807, 2.05) is 60.7 Å². The number of esters is 2. The quantitative estimate of drug-likeness (QED) is 0.426. The number of benzene rings is 2. The molecule has 0 unspecified atom stereocenters. The molecule has 0 spiro atoms. The number of hydrogen-bond acceptors (Lipinski definition) is 5. The minimum atomic E-state index is -0.625. The summed E-state index contributed by atoms with van der Waals surface area (Å²) in [5.41, 5.74) is 0.866. The smallest absolute Gasteiger partial charge is 0.317 e. The van der Waals surface area contributed by atoms with E-state index in [1.54, 1.807) is 0 Å². The molecule has 0 atom stereocenters. The van der Waals surface area contributed by atoms with E-state index in [0.717, 1.165) is 5.56 Å². The maximum absolute atomic E-state index is 11.5. The zero-order valence-corrected chi connectivity index (χ0v) is 12.6. The average molecular weight is 314 g/mol. The van der Waals surface area contributed by atoms with Crippen LogP contribution in [0.1, 0.15) is 12.0 Å². The van der Waals surface area contributed by atoms with E-state index < -0.39 is 18.4 Å². The van der Waals surface area contributed by atoms with Crippen molar-refractivity contribution in [2.45, 2.75) is 13.0 Å². The molecule has 0 heterocycles. The van der Waals surface area contributed by atoms with Crippen LogP contribution >= 0.6 is 0 Å². The van der Waals surface area contributed by atoms with Gasteiger partial charge in [0.15, 0.2) is 0 Å². The zero-order chi connectivity index (χ0) is 16.3. The highest BCUT2D eigenvalue weighted by Gasteiger charge is 2.12. The van der Waals surface area contributed by atoms with Gasteiger partial charge in [0, 0.05) is 0 Å². The number of ether oxygens (including phenoxy) is 3. The highest BCUT2D eigenvalue weighted by molar-refractivity contribution is 5.91. The summed E-state index contributed by atoms with van der Waals surface area (Å²) in [4.78, 5) is 23.0. The number of para-hydroxylation sites is 1. The van der Waals surface area contributed by atoms with Gasteiger partial charge in [-0.05, 0) is 17.7 Å². The molecule has 0 aliphatic heterocycles. The van der Waals surface area contributed by atoms with Crippen molar-refractivity contribution in [2.75, 3.05) is 13.2 Å². The van der Waals surface area contributed by atoms with Crippen LogP contribution in [0, 0.1) is 0 Å². The van der Waals surface area contributed by atoms with E-state index in [4.69, 9.17) is 14.2 Å².